The van der Waals surface area contributed by atoms with Gasteiger partial charge in [0, 0.05) is 45.1 Å². The molecule has 6 nitrogen and oxygen atoms in total. The molecule has 1 aromatic rings. The topological polar surface area (TPSA) is 55.3 Å². The Kier molecular flexibility index (Phi) is 10.7. The van der Waals surface area contributed by atoms with E-state index in [0.717, 1.165) is 44.4 Å². The number of hydrogen-bond acceptors (Lipinski definition) is 4. The highest BCUT2D eigenvalue weighted by molar-refractivity contribution is 14.0. The Bertz CT molecular complexity index is 665. The highest BCUT2D eigenvalue weighted by Crippen LogP contribution is 2.41. The number of methoxy groups -OCH3 is 2. The van der Waals surface area contributed by atoms with Crippen LogP contribution < -0.4 is 10.1 Å². The Balaban J connectivity index is 0.00000320. The second kappa shape index (κ2) is 12.7. The molecule has 0 aromatic heterocycles. The first-order chi connectivity index (χ1) is 14.2. The predicted molar refractivity (Wildman–Crippen MR) is 132 cm³/mol. The van der Waals surface area contributed by atoms with E-state index in [1.165, 1.54) is 31.2 Å². The van der Waals surface area contributed by atoms with Gasteiger partial charge in [0.25, 0.3) is 0 Å². The minimum Gasteiger partial charge on any atom is -0.497 e. The lowest BCUT2D eigenvalue weighted by atomic mass is 9.78. The van der Waals surface area contributed by atoms with Crippen LogP contribution in [0.3, 0.4) is 0 Å². The summed E-state index contributed by atoms with van der Waals surface area (Å²) < 4.78 is 16.3. The zero-order valence-corrected chi connectivity index (χ0v) is 21.0. The number of guanidine groups is 1. The zero-order chi connectivity index (χ0) is 20.5. The van der Waals surface area contributed by atoms with E-state index in [4.69, 9.17) is 14.2 Å². The largest absolute Gasteiger partial charge is 0.497 e. The van der Waals surface area contributed by atoms with Crippen molar-refractivity contribution in [3.05, 3.63) is 29.8 Å². The van der Waals surface area contributed by atoms with Gasteiger partial charge in [-0.2, -0.15) is 0 Å². The summed E-state index contributed by atoms with van der Waals surface area (Å²) in [4.78, 5) is 6.95. The molecule has 1 N–H and O–H groups in total. The molecule has 30 heavy (non-hydrogen) atoms. The second-order valence-corrected chi connectivity index (χ2v) is 8.29. The van der Waals surface area contributed by atoms with Crippen LogP contribution in [0.25, 0.3) is 0 Å². The van der Waals surface area contributed by atoms with Gasteiger partial charge in [0.15, 0.2) is 5.96 Å². The molecular formula is C23H38IN3O3. The first-order valence-corrected chi connectivity index (χ1v) is 10.9. The number of benzene rings is 1. The Hall–Kier alpha value is -1.06. The summed E-state index contributed by atoms with van der Waals surface area (Å²) in [5.41, 5.74) is 1.54. The summed E-state index contributed by atoms with van der Waals surface area (Å²) in [6.07, 6.45) is 6.12. The molecule has 1 heterocycles. The van der Waals surface area contributed by atoms with E-state index >= 15 is 0 Å². The third kappa shape index (κ3) is 6.47. The van der Waals surface area contributed by atoms with Gasteiger partial charge in [-0.05, 0) is 37.0 Å². The number of aliphatic imine (C=N–C) groups is 1. The standard InChI is InChI=1S/C23H37N3O3.HI/c1-24-22(26-12-9-19(16-26)17-29-14-13-27-2)25-18-23(10-4-5-11-23)20-7-6-8-21(15-20)28-3;/h6-8,15,19H,4-5,9-14,16-18H2,1-3H3,(H,24,25);1H. The molecule has 7 heteroatoms. The number of nitrogens with zero attached hydrogens (tertiary/aromatic N) is 2. The highest BCUT2D eigenvalue weighted by atomic mass is 127. The molecule has 1 saturated carbocycles. The number of rotatable bonds is 9. The van der Waals surface area contributed by atoms with Gasteiger partial charge in [-0.1, -0.05) is 25.0 Å². The Morgan fingerprint density at radius 2 is 2.03 bits per heavy atom. The summed E-state index contributed by atoms with van der Waals surface area (Å²) in [7, 11) is 5.33. The van der Waals surface area contributed by atoms with Crippen LogP contribution in [0.1, 0.15) is 37.7 Å². The molecule has 1 aliphatic heterocycles. The van der Waals surface area contributed by atoms with Gasteiger partial charge in [0.2, 0.25) is 0 Å². The molecule has 1 unspecified atom stereocenters. The van der Waals surface area contributed by atoms with Crippen molar-refractivity contribution in [2.24, 2.45) is 10.9 Å². The van der Waals surface area contributed by atoms with E-state index in [9.17, 15) is 0 Å². The van der Waals surface area contributed by atoms with Crippen molar-refractivity contribution < 1.29 is 14.2 Å². The lowest BCUT2D eigenvalue weighted by Crippen LogP contribution is -2.46. The molecule has 0 bridgehead atoms. The van der Waals surface area contributed by atoms with E-state index in [0.29, 0.717) is 19.1 Å². The van der Waals surface area contributed by atoms with E-state index in [-0.39, 0.29) is 29.4 Å². The molecule has 170 valence electrons. The monoisotopic (exact) mass is 531 g/mol. The lowest BCUT2D eigenvalue weighted by molar-refractivity contribution is 0.0536. The molecule has 2 aliphatic rings. The van der Waals surface area contributed by atoms with Crippen LogP contribution in [0.5, 0.6) is 5.75 Å². The molecule has 1 atom stereocenters. The molecule has 0 amide bonds. The molecule has 0 radical (unpaired) electrons. The van der Waals surface area contributed by atoms with Gasteiger partial charge in [0.05, 0.1) is 26.9 Å². The third-order valence-corrected chi connectivity index (χ3v) is 6.41. The Labute approximate surface area is 198 Å². The fourth-order valence-corrected chi connectivity index (χ4v) is 4.71. The molecule has 1 aromatic carbocycles. The number of ether oxygens (including phenoxy) is 3. The molecule has 0 spiro atoms. The summed E-state index contributed by atoms with van der Waals surface area (Å²) in [6, 6.07) is 8.59. The van der Waals surface area contributed by atoms with E-state index < -0.39 is 0 Å². The predicted octanol–water partition coefficient (Wildman–Crippen LogP) is 3.69. The van der Waals surface area contributed by atoms with Gasteiger partial charge < -0.3 is 24.4 Å². The number of halogens is 1. The van der Waals surface area contributed by atoms with Crippen molar-refractivity contribution >= 4 is 29.9 Å². The number of hydrogen-bond donors (Lipinski definition) is 1. The van der Waals surface area contributed by atoms with Crippen LogP contribution in [0, 0.1) is 5.92 Å². The minimum absolute atomic E-state index is 0. The fourth-order valence-electron chi connectivity index (χ4n) is 4.71. The fraction of sp³-hybridized carbons (Fsp3) is 0.696. The normalized spacial score (nSPS) is 20.8. The van der Waals surface area contributed by atoms with Crippen molar-refractivity contribution in [1.82, 2.24) is 10.2 Å². The average molecular weight is 531 g/mol. The Morgan fingerprint density at radius 3 is 2.73 bits per heavy atom. The van der Waals surface area contributed by atoms with Crippen LogP contribution in [0.15, 0.2) is 29.3 Å². The molecule has 1 aliphatic carbocycles. The van der Waals surface area contributed by atoms with Gasteiger partial charge >= 0.3 is 0 Å². The Morgan fingerprint density at radius 1 is 1.23 bits per heavy atom. The molecule has 1 saturated heterocycles. The first kappa shape index (κ1) is 25.2. The van der Waals surface area contributed by atoms with Crippen LogP contribution in [0.2, 0.25) is 0 Å². The summed E-state index contributed by atoms with van der Waals surface area (Å²) in [6.45, 7) is 5.07. The third-order valence-electron chi connectivity index (χ3n) is 6.41. The van der Waals surface area contributed by atoms with Gasteiger partial charge in [-0.3, -0.25) is 4.99 Å². The molecule has 3 rings (SSSR count). The molecular weight excluding hydrogens is 493 g/mol. The summed E-state index contributed by atoms with van der Waals surface area (Å²) >= 11 is 0. The van der Waals surface area contributed by atoms with Gasteiger partial charge in [-0.15, -0.1) is 24.0 Å². The van der Waals surface area contributed by atoms with E-state index in [1.54, 1.807) is 14.2 Å². The van der Waals surface area contributed by atoms with Crippen LogP contribution in [0.4, 0.5) is 0 Å². The smallest absolute Gasteiger partial charge is 0.193 e. The zero-order valence-electron chi connectivity index (χ0n) is 18.7. The summed E-state index contributed by atoms with van der Waals surface area (Å²) in [5.74, 6) is 2.51. The number of nitrogens with one attached hydrogen (secondary N) is 1. The van der Waals surface area contributed by atoms with Crippen LogP contribution in [-0.2, 0) is 14.9 Å². The second-order valence-electron chi connectivity index (χ2n) is 8.29. The summed E-state index contributed by atoms with van der Waals surface area (Å²) in [5, 5.41) is 3.70. The SMILES string of the molecule is CN=C(NCC1(c2cccc(OC)c2)CCCC1)N1CCC(COCCOC)C1.I. The van der Waals surface area contributed by atoms with E-state index in [1.807, 2.05) is 13.1 Å². The maximum Gasteiger partial charge on any atom is 0.193 e. The minimum atomic E-state index is 0. The first-order valence-electron chi connectivity index (χ1n) is 10.9. The lowest BCUT2D eigenvalue weighted by Gasteiger charge is -2.32. The van der Waals surface area contributed by atoms with Gasteiger partial charge in [0.1, 0.15) is 5.75 Å². The quantitative estimate of drug-likeness (QED) is 0.228. The van der Waals surface area contributed by atoms with Crippen molar-refractivity contribution in [2.75, 3.05) is 60.7 Å². The van der Waals surface area contributed by atoms with Crippen molar-refractivity contribution in [1.29, 1.82) is 0 Å². The highest BCUT2D eigenvalue weighted by Gasteiger charge is 2.36. The van der Waals surface area contributed by atoms with Gasteiger partial charge in [-0.25, -0.2) is 0 Å². The van der Waals surface area contributed by atoms with Crippen LogP contribution >= 0.6 is 24.0 Å². The maximum atomic E-state index is 5.73. The molecule has 2 fully saturated rings. The van der Waals surface area contributed by atoms with Crippen molar-refractivity contribution in [3.63, 3.8) is 0 Å². The maximum absolute atomic E-state index is 5.73. The number of likely N-dealkylation sites (tertiary alicyclic amines) is 1. The van der Waals surface area contributed by atoms with Crippen molar-refractivity contribution in [3.8, 4) is 5.75 Å². The average Bonchev–Trinajstić information content (AvgIpc) is 3.43. The van der Waals surface area contributed by atoms with Crippen molar-refractivity contribution in [2.45, 2.75) is 37.5 Å². The van der Waals surface area contributed by atoms with Crippen LogP contribution in [-0.4, -0.2) is 71.6 Å². The van der Waals surface area contributed by atoms with E-state index in [2.05, 4.69) is 33.4 Å².